The second-order valence-electron chi connectivity index (χ2n) is 13.8. The number of carbonyl (C=O) groups is 3. The molecule has 0 aromatic rings. The number of hydrogen-bond donors (Lipinski definition) is 2. The lowest BCUT2D eigenvalue weighted by atomic mass is 9.80. The van der Waals surface area contributed by atoms with Crippen LogP contribution in [0, 0.1) is 23.7 Å². The molecule has 3 heterocycles. The van der Waals surface area contributed by atoms with Gasteiger partial charge in [0.05, 0.1) is 36.4 Å². The van der Waals surface area contributed by atoms with Crippen molar-refractivity contribution >= 4 is 17.5 Å². The average Bonchev–Trinajstić information content (AvgIpc) is 3.63. The zero-order chi connectivity index (χ0) is 32.9. The van der Waals surface area contributed by atoms with E-state index in [1.54, 1.807) is 13.0 Å². The summed E-state index contributed by atoms with van der Waals surface area (Å²) in [5.74, 6) is -2.22. The van der Waals surface area contributed by atoms with Crippen molar-refractivity contribution in [1.29, 1.82) is 0 Å². The molecular formula is C34H55NO9. The number of ketones is 2. The van der Waals surface area contributed by atoms with Gasteiger partial charge in [-0.2, -0.15) is 0 Å². The van der Waals surface area contributed by atoms with Gasteiger partial charge in [-0.15, -0.1) is 5.73 Å². The largest absolute Gasteiger partial charge is 0.462 e. The Morgan fingerprint density at radius 1 is 1.14 bits per heavy atom. The van der Waals surface area contributed by atoms with Crippen molar-refractivity contribution in [3.8, 4) is 0 Å². The Balaban J connectivity index is 2.01. The average molecular weight is 622 g/mol. The molecule has 10 heteroatoms. The van der Waals surface area contributed by atoms with Crippen molar-refractivity contribution in [2.75, 3.05) is 14.1 Å². The monoisotopic (exact) mass is 621 g/mol. The van der Waals surface area contributed by atoms with Crippen LogP contribution in [0.2, 0.25) is 0 Å². The SMILES string of the molecule is CCC1OC(=O)CC(O)C(C)C(OC2OC(C)CC(N(C)C)C2O)C(C=C=CC(C)=O)CC(C)C(=O)CCC2(C)OC2C1C. The number of cyclic esters (lactones) is 1. The lowest BCUT2D eigenvalue weighted by molar-refractivity contribution is -0.281. The third-order valence-electron chi connectivity index (χ3n) is 9.82. The number of rotatable bonds is 6. The lowest BCUT2D eigenvalue weighted by Crippen LogP contribution is -2.56. The highest BCUT2D eigenvalue weighted by Gasteiger charge is 2.56. The summed E-state index contributed by atoms with van der Waals surface area (Å²) in [7, 11) is 3.77. The van der Waals surface area contributed by atoms with Crippen molar-refractivity contribution < 1.29 is 43.5 Å². The Labute approximate surface area is 263 Å². The quantitative estimate of drug-likeness (QED) is 0.196. The summed E-state index contributed by atoms with van der Waals surface area (Å²) < 4.78 is 24.6. The van der Waals surface area contributed by atoms with E-state index in [9.17, 15) is 24.6 Å². The number of esters is 1. The van der Waals surface area contributed by atoms with Crippen molar-refractivity contribution in [1.82, 2.24) is 4.90 Å². The van der Waals surface area contributed by atoms with Gasteiger partial charge in [-0.25, -0.2) is 0 Å². The van der Waals surface area contributed by atoms with Crippen LogP contribution in [-0.4, -0.2) is 101 Å². The van der Waals surface area contributed by atoms with Gasteiger partial charge in [-0.1, -0.05) is 27.7 Å². The van der Waals surface area contributed by atoms with Crippen LogP contribution >= 0.6 is 0 Å². The van der Waals surface area contributed by atoms with Crippen LogP contribution < -0.4 is 0 Å². The number of Topliss-reactive ketones (excluding diaryl/α,β-unsaturated/α-hetero) is 1. The number of carbonyl (C=O) groups excluding carboxylic acids is 3. The van der Waals surface area contributed by atoms with Gasteiger partial charge in [0.15, 0.2) is 12.1 Å². The van der Waals surface area contributed by atoms with Gasteiger partial charge in [0.1, 0.15) is 18.0 Å². The molecule has 0 spiro atoms. The first-order valence-electron chi connectivity index (χ1n) is 16.2. The van der Waals surface area contributed by atoms with Crippen LogP contribution in [0.3, 0.4) is 0 Å². The second kappa shape index (κ2) is 15.6. The predicted octanol–water partition coefficient (Wildman–Crippen LogP) is 3.61. The first-order chi connectivity index (χ1) is 20.6. The van der Waals surface area contributed by atoms with E-state index in [4.69, 9.17) is 18.9 Å². The minimum absolute atomic E-state index is 0.0702. The maximum Gasteiger partial charge on any atom is 0.308 e. The molecule has 2 N–H and O–H groups in total. The molecule has 10 nitrogen and oxygen atoms in total. The first-order valence-corrected chi connectivity index (χ1v) is 16.2. The summed E-state index contributed by atoms with van der Waals surface area (Å²) >= 11 is 0. The van der Waals surface area contributed by atoms with Crippen LogP contribution in [0.15, 0.2) is 17.9 Å². The highest BCUT2D eigenvalue weighted by molar-refractivity contribution is 5.87. The lowest BCUT2D eigenvalue weighted by Gasteiger charge is -2.44. The molecule has 13 unspecified atom stereocenters. The van der Waals surface area contributed by atoms with Crippen molar-refractivity contribution in [3.05, 3.63) is 17.9 Å². The van der Waals surface area contributed by atoms with Gasteiger partial charge < -0.3 is 34.1 Å². The van der Waals surface area contributed by atoms with Crippen molar-refractivity contribution in [3.63, 3.8) is 0 Å². The van der Waals surface area contributed by atoms with Gasteiger partial charge in [-0.3, -0.25) is 14.4 Å². The minimum Gasteiger partial charge on any atom is -0.462 e. The maximum atomic E-state index is 13.5. The van der Waals surface area contributed by atoms with Crippen LogP contribution in [-0.2, 0) is 33.3 Å². The predicted molar refractivity (Wildman–Crippen MR) is 165 cm³/mol. The zero-order valence-corrected chi connectivity index (χ0v) is 28.0. The van der Waals surface area contributed by atoms with Gasteiger partial charge in [0.25, 0.3) is 0 Å². The third kappa shape index (κ3) is 9.32. The number of ether oxygens (including phenoxy) is 4. The Morgan fingerprint density at radius 2 is 1.82 bits per heavy atom. The molecule has 44 heavy (non-hydrogen) atoms. The van der Waals surface area contributed by atoms with E-state index in [0.717, 1.165) is 0 Å². The number of fused-ring (bicyclic) bond motifs is 1. The van der Waals surface area contributed by atoms with Crippen LogP contribution in [0.25, 0.3) is 0 Å². The number of hydrogen-bond acceptors (Lipinski definition) is 10. The molecule has 0 saturated carbocycles. The molecule has 0 aromatic heterocycles. The molecule has 3 rings (SSSR count). The molecule has 0 radical (unpaired) electrons. The topological polar surface area (TPSA) is 135 Å². The van der Waals surface area contributed by atoms with E-state index < -0.39 is 54.1 Å². The van der Waals surface area contributed by atoms with E-state index in [0.29, 0.717) is 32.1 Å². The Kier molecular flexibility index (Phi) is 13.0. The summed E-state index contributed by atoms with van der Waals surface area (Å²) in [6.45, 7) is 12.9. The summed E-state index contributed by atoms with van der Waals surface area (Å²) in [5, 5.41) is 22.7. The van der Waals surface area contributed by atoms with Gasteiger partial charge in [0.2, 0.25) is 0 Å². The van der Waals surface area contributed by atoms with Gasteiger partial charge >= 0.3 is 5.97 Å². The summed E-state index contributed by atoms with van der Waals surface area (Å²) in [5.41, 5.74) is 2.47. The van der Waals surface area contributed by atoms with E-state index in [1.165, 1.54) is 13.0 Å². The molecular weight excluding hydrogens is 566 g/mol. The Bertz CT molecular complexity index is 1070. The number of aliphatic hydroxyl groups is 2. The third-order valence-corrected chi connectivity index (χ3v) is 9.82. The number of epoxide rings is 1. The Morgan fingerprint density at radius 3 is 2.43 bits per heavy atom. The standard InChI is InChI=1S/C34H55NO9/c1-10-28-23(6)32-34(7,44-32)15-14-26(37)19(2)16-24(13-11-12-20(3)36)31(22(5)27(38)18-29(39)42-28)43-33-30(40)25(35(8)9)17-21(4)41-33/h12-13,19,21-25,27-28,30-33,38,40H,10,14-18H2,1-9H3. The minimum atomic E-state index is -1.16. The highest BCUT2D eigenvalue weighted by atomic mass is 16.7. The molecule has 0 aromatic carbocycles. The highest BCUT2D eigenvalue weighted by Crippen LogP contribution is 2.47. The summed E-state index contributed by atoms with van der Waals surface area (Å²) in [6.07, 6.45) is 0.507. The second-order valence-corrected chi connectivity index (χ2v) is 13.8. The molecule has 3 aliphatic heterocycles. The fourth-order valence-electron chi connectivity index (χ4n) is 6.84. The Hall–Kier alpha value is -1.91. The number of aliphatic hydroxyl groups excluding tert-OH is 2. The number of likely N-dealkylation sites (N-methyl/N-ethyl adjacent to an activating group) is 1. The molecule has 3 aliphatic rings. The van der Waals surface area contributed by atoms with E-state index in [1.807, 2.05) is 53.6 Å². The molecule has 0 aliphatic carbocycles. The molecule has 3 fully saturated rings. The molecule has 250 valence electrons. The first kappa shape index (κ1) is 36.6. The molecule has 0 amide bonds. The van der Waals surface area contributed by atoms with Crippen LogP contribution in [0.5, 0.6) is 0 Å². The van der Waals surface area contributed by atoms with E-state index in [2.05, 4.69) is 5.73 Å². The van der Waals surface area contributed by atoms with Gasteiger partial charge in [0, 0.05) is 42.2 Å². The van der Waals surface area contributed by atoms with Crippen LogP contribution in [0.1, 0.15) is 87.0 Å². The molecule has 3 saturated heterocycles. The summed E-state index contributed by atoms with van der Waals surface area (Å²) in [4.78, 5) is 40.3. The fraction of sp³-hybridized carbons (Fsp3) is 0.824. The maximum absolute atomic E-state index is 13.5. The van der Waals surface area contributed by atoms with Gasteiger partial charge in [-0.05, 0) is 66.6 Å². The van der Waals surface area contributed by atoms with Crippen LogP contribution in [0.4, 0.5) is 0 Å². The number of nitrogens with zero attached hydrogens (tertiary/aromatic N) is 1. The molecule has 13 atom stereocenters. The van der Waals surface area contributed by atoms with E-state index >= 15 is 0 Å². The molecule has 0 bridgehead atoms. The fourth-order valence-corrected chi connectivity index (χ4v) is 6.84. The zero-order valence-electron chi connectivity index (χ0n) is 28.0. The van der Waals surface area contributed by atoms with Crippen molar-refractivity contribution in [2.45, 2.75) is 142 Å². The smallest absolute Gasteiger partial charge is 0.308 e. The summed E-state index contributed by atoms with van der Waals surface area (Å²) in [6, 6.07) is -0.222. The van der Waals surface area contributed by atoms with Crippen molar-refractivity contribution in [2.24, 2.45) is 23.7 Å². The van der Waals surface area contributed by atoms with E-state index in [-0.39, 0.29) is 48.1 Å². The normalized spacial score (nSPS) is 42.5.